The fraction of sp³-hybridized carbons (Fsp3) is 0.239. The van der Waals surface area contributed by atoms with Gasteiger partial charge in [0.05, 0.1) is 19.6 Å². The van der Waals surface area contributed by atoms with E-state index in [0.717, 1.165) is 25.0 Å². The summed E-state index contributed by atoms with van der Waals surface area (Å²) < 4.78 is 8.13. The third kappa shape index (κ3) is 7.55. The van der Waals surface area contributed by atoms with Crippen LogP contribution in [0.5, 0.6) is 0 Å². The van der Waals surface area contributed by atoms with Crippen LogP contribution in [0.3, 0.4) is 0 Å². The van der Waals surface area contributed by atoms with Crippen LogP contribution in [-0.2, 0) is 18.3 Å². The lowest BCUT2D eigenvalue weighted by molar-refractivity contribution is -0.723. The molecule has 2 atom stereocenters. The van der Waals surface area contributed by atoms with Crippen molar-refractivity contribution in [1.82, 2.24) is 4.57 Å². The summed E-state index contributed by atoms with van der Waals surface area (Å²) in [7, 11) is -3.93. The van der Waals surface area contributed by atoms with Crippen molar-refractivity contribution in [3.05, 3.63) is 211 Å². The highest BCUT2D eigenvalue weighted by Crippen LogP contribution is 2.50. The number of rotatable bonds is 6. The Bertz CT molecular complexity index is 3950. The molecular weight excluding hydrogens is 951 g/mol. The summed E-state index contributed by atoms with van der Waals surface area (Å²) in [6.45, 7) is 30.1. The van der Waals surface area contributed by atoms with Crippen molar-refractivity contribution in [2.45, 2.75) is 104 Å². The fourth-order valence-corrected chi connectivity index (χ4v) is 18.6. The van der Waals surface area contributed by atoms with Gasteiger partial charge in [0.15, 0.2) is 22.9 Å². The molecule has 0 bridgehead atoms. The Hall–Kier alpha value is -7.19. The standard InChI is InChI=1S/C71H71N3Si2/c1-45(2)38-51-39-63-55-31-21-20-30-54(55)57-36-34-50-40-65-61(56-32-22-23-33-64(56)76(65,10)11)43-60(50)70-73(46(3)67(57)72(63)44-66(51)75(7,8)9)69-53-29-19-18-28-49(53)35-37-62(69)74(70)68-58(47-24-14-12-15-25-47)41-52(71(4,5)6)42-59(68)48-26-16-13-17-27-48/h12-33,35,37,39-45,57,67H,3,34,36,38H2,1-2,4-11H3/q+2. The first kappa shape index (κ1) is 48.5. The van der Waals surface area contributed by atoms with Crippen LogP contribution in [0.4, 0.5) is 0 Å². The van der Waals surface area contributed by atoms with Crippen LogP contribution in [0.2, 0.25) is 32.7 Å². The van der Waals surface area contributed by atoms with E-state index in [4.69, 9.17) is 6.58 Å². The number of hydrogen-bond acceptors (Lipinski definition) is 0. The van der Waals surface area contributed by atoms with Crippen LogP contribution >= 0.6 is 0 Å². The molecule has 3 nitrogen and oxygen atoms in total. The number of hydrogen-bond donors (Lipinski definition) is 0. The Labute approximate surface area is 452 Å². The molecule has 0 amide bonds. The number of pyridine rings is 1. The number of nitrogens with zero attached hydrogens (tertiary/aromatic N) is 3. The van der Waals surface area contributed by atoms with Gasteiger partial charge < -0.3 is 0 Å². The number of imidazole rings is 1. The van der Waals surface area contributed by atoms with Crippen LogP contribution < -0.4 is 24.7 Å². The zero-order valence-corrected chi connectivity index (χ0v) is 48.2. The molecule has 10 aromatic rings. The SMILES string of the molecule is C=C1C2C(CCc3cc4c(cc3-c3n(-c5c(-c6ccccc6)cc(C(C)(C)C)cc5-c5ccccc5)c5ccc6ccccc6c5[n+]31)-c1ccccc1[Si]4(C)C)c1ccccc1-c1cc(CC(C)C)c([Si](C)(C)C)c[n+]12. The van der Waals surface area contributed by atoms with E-state index in [1.807, 2.05) is 0 Å². The third-order valence-electron chi connectivity index (χ3n) is 17.5. The Morgan fingerprint density at radius 3 is 1.96 bits per heavy atom. The minimum atomic E-state index is -2.08. The van der Waals surface area contributed by atoms with Gasteiger partial charge in [-0.25, -0.2) is 0 Å². The predicted molar refractivity (Wildman–Crippen MR) is 327 cm³/mol. The lowest BCUT2D eigenvalue weighted by Gasteiger charge is -2.32. The van der Waals surface area contributed by atoms with Gasteiger partial charge in [0.1, 0.15) is 13.8 Å². The summed E-state index contributed by atoms with van der Waals surface area (Å²) in [5.41, 5.74) is 21.8. The van der Waals surface area contributed by atoms with E-state index in [1.54, 1.807) is 10.4 Å². The molecule has 0 saturated heterocycles. The van der Waals surface area contributed by atoms with Crippen molar-refractivity contribution in [1.29, 1.82) is 0 Å². The molecule has 0 saturated carbocycles. The van der Waals surface area contributed by atoms with Crippen LogP contribution in [0.15, 0.2) is 189 Å². The average molecular weight is 1020 g/mol. The van der Waals surface area contributed by atoms with Crippen molar-refractivity contribution in [2.75, 3.05) is 0 Å². The molecule has 0 N–H and O–H groups in total. The van der Waals surface area contributed by atoms with E-state index < -0.39 is 16.1 Å². The van der Waals surface area contributed by atoms with E-state index >= 15 is 0 Å². The Morgan fingerprint density at radius 1 is 0.658 bits per heavy atom. The number of benzene rings is 8. The van der Waals surface area contributed by atoms with Gasteiger partial charge in [-0.3, -0.25) is 0 Å². The summed E-state index contributed by atoms with van der Waals surface area (Å²) in [4.78, 5) is 0. The molecule has 0 radical (unpaired) electrons. The molecule has 13 rings (SSSR count). The summed E-state index contributed by atoms with van der Waals surface area (Å²) in [5, 5.41) is 7.08. The van der Waals surface area contributed by atoms with E-state index in [9.17, 15) is 0 Å². The lowest BCUT2D eigenvalue weighted by Crippen LogP contribution is -2.57. The summed E-state index contributed by atoms with van der Waals surface area (Å²) >= 11 is 0. The molecule has 0 aliphatic carbocycles. The second-order valence-corrected chi connectivity index (χ2v) is 34.7. The molecule has 5 heteroatoms. The lowest BCUT2D eigenvalue weighted by atomic mass is 9.78. The van der Waals surface area contributed by atoms with E-state index in [0.29, 0.717) is 5.92 Å². The summed E-state index contributed by atoms with van der Waals surface area (Å²) in [6, 6.07) is 67.8. The van der Waals surface area contributed by atoms with Gasteiger partial charge in [-0.1, -0.05) is 195 Å². The first-order valence-electron chi connectivity index (χ1n) is 27.9. The van der Waals surface area contributed by atoms with Gasteiger partial charge in [0, 0.05) is 33.3 Å². The maximum atomic E-state index is 5.54. The topological polar surface area (TPSA) is 12.7 Å². The first-order valence-corrected chi connectivity index (χ1v) is 34.4. The molecule has 0 fully saturated rings. The highest BCUT2D eigenvalue weighted by molar-refractivity contribution is 7.03. The highest BCUT2D eigenvalue weighted by atomic mass is 28.3. The van der Waals surface area contributed by atoms with Crippen LogP contribution in [0.1, 0.15) is 75.3 Å². The van der Waals surface area contributed by atoms with Crippen LogP contribution in [-0.4, -0.2) is 20.7 Å². The maximum Gasteiger partial charge on any atom is 0.300 e. The fourth-order valence-electron chi connectivity index (χ4n) is 13.8. The quantitative estimate of drug-likeness (QED) is 0.116. The molecule has 376 valence electrons. The van der Waals surface area contributed by atoms with Crippen molar-refractivity contribution in [2.24, 2.45) is 5.92 Å². The van der Waals surface area contributed by atoms with Crippen molar-refractivity contribution < 1.29 is 9.13 Å². The molecule has 76 heavy (non-hydrogen) atoms. The van der Waals surface area contributed by atoms with E-state index in [1.165, 1.54) is 111 Å². The predicted octanol–water partition coefficient (Wildman–Crippen LogP) is 15.6. The number of allylic oxidation sites excluding steroid dienone is 1. The van der Waals surface area contributed by atoms with Crippen LogP contribution in [0.25, 0.3) is 89.2 Å². The zero-order valence-electron chi connectivity index (χ0n) is 46.2. The van der Waals surface area contributed by atoms with E-state index in [2.05, 4.69) is 263 Å². The highest BCUT2D eigenvalue weighted by Gasteiger charge is 2.50. The van der Waals surface area contributed by atoms with Crippen molar-refractivity contribution in [3.8, 4) is 61.7 Å². The molecule has 2 unspecified atom stereocenters. The normalized spacial score (nSPS) is 16.5. The molecule has 2 aromatic heterocycles. The maximum absolute atomic E-state index is 5.54. The summed E-state index contributed by atoms with van der Waals surface area (Å²) in [6.07, 6.45) is 5.61. The zero-order chi connectivity index (χ0) is 52.6. The molecule has 0 spiro atoms. The van der Waals surface area contributed by atoms with Crippen molar-refractivity contribution >= 4 is 59.2 Å². The Morgan fingerprint density at radius 2 is 1.29 bits per heavy atom. The van der Waals surface area contributed by atoms with Crippen molar-refractivity contribution in [3.63, 3.8) is 0 Å². The van der Waals surface area contributed by atoms with Gasteiger partial charge in [0.25, 0.3) is 0 Å². The second kappa shape index (κ2) is 17.7. The molecule has 8 aromatic carbocycles. The first-order chi connectivity index (χ1) is 36.5. The minimum absolute atomic E-state index is 0.0759. The molecule has 3 aliphatic rings. The Kier molecular flexibility index (Phi) is 11.3. The monoisotopic (exact) mass is 1020 g/mol. The van der Waals surface area contributed by atoms with Gasteiger partial charge >= 0.3 is 5.82 Å². The molecule has 5 heterocycles. The third-order valence-corrected chi connectivity index (χ3v) is 23.1. The number of fused-ring (bicyclic) bond motifs is 16. The smallest absolute Gasteiger partial charge is 0.187 e. The average Bonchev–Trinajstić information content (AvgIpc) is 4.08. The second-order valence-electron chi connectivity index (χ2n) is 25.3. The van der Waals surface area contributed by atoms with Gasteiger partial charge in [-0.2, -0.15) is 13.7 Å². The van der Waals surface area contributed by atoms with E-state index in [-0.39, 0.29) is 17.4 Å². The van der Waals surface area contributed by atoms with Gasteiger partial charge in [0.2, 0.25) is 11.7 Å². The van der Waals surface area contributed by atoms with Gasteiger partial charge in [-0.05, 0) is 140 Å². The number of aromatic nitrogens is 3. The number of aryl methyl sites for hydroxylation is 1. The Balaban J connectivity index is 1.25. The molecule has 3 aliphatic heterocycles. The largest absolute Gasteiger partial charge is 0.300 e. The summed E-state index contributed by atoms with van der Waals surface area (Å²) in [5.74, 6) is 1.87. The van der Waals surface area contributed by atoms with Crippen LogP contribution in [0, 0.1) is 5.92 Å². The molecular formula is C71H71N3Si2+2. The van der Waals surface area contributed by atoms with Gasteiger partial charge in [-0.15, -0.1) is 0 Å². The minimum Gasteiger partial charge on any atom is -0.187 e.